The van der Waals surface area contributed by atoms with Gasteiger partial charge in [-0.3, -0.25) is 14.4 Å². The van der Waals surface area contributed by atoms with E-state index in [2.05, 4.69) is 31.9 Å². The number of hydrogen-bond donors (Lipinski definition) is 3. The van der Waals surface area contributed by atoms with E-state index >= 15 is 0 Å². The zero-order valence-electron chi connectivity index (χ0n) is 13.7. The van der Waals surface area contributed by atoms with Crippen LogP contribution in [0.4, 0.5) is 5.69 Å². The van der Waals surface area contributed by atoms with Gasteiger partial charge < -0.3 is 16.0 Å². The lowest BCUT2D eigenvalue weighted by atomic mass is 9.80. The molecule has 1 aliphatic carbocycles. The van der Waals surface area contributed by atoms with Crippen molar-refractivity contribution in [2.24, 2.45) is 0 Å². The van der Waals surface area contributed by atoms with E-state index in [1.165, 1.54) is 6.92 Å². The van der Waals surface area contributed by atoms with E-state index in [1.54, 1.807) is 12.1 Å². The van der Waals surface area contributed by atoms with Gasteiger partial charge in [-0.15, -0.1) is 0 Å². The van der Waals surface area contributed by atoms with Crippen molar-refractivity contribution in [1.82, 2.24) is 10.6 Å². The van der Waals surface area contributed by atoms with Crippen molar-refractivity contribution in [3.63, 3.8) is 0 Å². The first-order valence-electron chi connectivity index (χ1n) is 8.04. The Morgan fingerprint density at radius 3 is 2.29 bits per heavy atom. The van der Waals surface area contributed by atoms with E-state index in [0.29, 0.717) is 18.5 Å². The fourth-order valence-electron chi connectivity index (χ4n) is 2.86. The van der Waals surface area contributed by atoms with Crippen molar-refractivity contribution in [3.8, 4) is 0 Å². The lowest BCUT2D eigenvalue weighted by Gasteiger charge is -2.36. The van der Waals surface area contributed by atoms with Gasteiger partial charge in [-0.2, -0.15) is 0 Å². The molecule has 1 aromatic rings. The van der Waals surface area contributed by atoms with Gasteiger partial charge in [0.2, 0.25) is 17.7 Å². The minimum absolute atomic E-state index is 0.122. The third-order valence-electron chi connectivity index (χ3n) is 4.12. The highest BCUT2D eigenvalue weighted by Crippen LogP contribution is 2.29. The van der Waals surface area contributed by atoms with Gasteiger partial charge in [-0.05, 0) is 37.1 Å². The molecule has 1 fully saturated rings. The van der Waals surface area contributed by atoms with Crippen LogP contribution in [0.15, 0.2) is 28.7 Å². The van der Waals surface area contributed by atoms with Crippen LogP contribution in [0.25, 0.3) is 0 Å². The third kappa shape index (κ3) is 5.06. The molecule has 3 amide bonds. The highest BCUT2D eigenvalue weighted by molar-refractivity contribution is 9.10. The maximum atomic E-state index is 12.8. The van der Waals surface area contributed by atoms with Gasteiger partial charge >= 0.3 is 0 Å². The molecule has 1 aromatic carbocycles. The molecule has 0 radical (unpaired) electrons. The maximum Gasteiger partial charge on any atom is 0.250 e. The summed E-state index contributed by atoms with van der Waals surface area (Å²) in [5, 5.41) is 8.19. The molecule has 1 aliphatic rings. The Kier molecular flexibility index (Phi) is 6.36. The van der Waals surface area contributed by atoms with Crippen LogP contribution in [-0.2, 0) is 14.4 Å². The highest BCUT2D eigenvalue weighted by Gasteiger charge is 2.40. The molecule has 0 heterocycles. The summed E-state index contributed by atoms with van der Waals surface area (Å²) in [7, 11) is 0. The number of anilines is 1. The largest absolute Gasteiger partial charge is 0.347 e. The Morgan fingerprint density at radius 1 is 1.08 bits per heavy atom. The molecule has 3 N–H and O–H groups in total. The quantitative estimate of drug-likeness (QED) is 0.714. The predicted molar refractivity (Wildman–Crippen MR) is 95.4 cm³/mol. The van der Waals surface area contributed by atoms with Crippen molar-refractivity contribution in [2.75, 3.05) is 11.9 Å². The van der Waals surface area contributed by atoms with Crippen LogP contribution >= 0.6 is 15.9 Å². The molecule has 130 valence electrons. The zero-order chi connectivity index (χ0) is 17.6. The highest BCUT2D eigenvalue weighted by atomic mass is 79.9. The molecule has 0 unspecified atom stereocenters. The van der Waals surface area contributed by atoms with Crippen LogP contribution in [0.3, 0.4) is 0 Å². The number of carbonyl (C=O) groups excluding carboxylic acids is 3. The van der Waals surface area contributed by atoms with E-state index in [-0.39, 0.29) is 24.3 Å². The Labute approximate surface area is 149 Å². The molecule has 1 saturated carbocycles. The van der Waals surface area contributed by atoms with Gasteiger partial charge in [0.15, 0.2) is 0 Å². The Hall–Kier alpha value is -1.89. The molecule has 0 bridgehead atoms. The van der Waals surface area contributed by atoms with Crippen LogP contribution in [0, 0.1) is 0 Å². The number of halogens is 1. The van der Waals surface area contributed by atoms with Crippen LogP contribution in [-0.4, -0.2) is 29.8 Å². The molecule has 0 aliphatic heterocycles. The summed E-state index contributed by atoms with van der Waals surface area (Å²) < 4.78 is 0.927. The second-order valence-electron chi connectivity index (χ2n) is 6.06. The standard InChI is InChI=1S/C17H22BrN3O3/c1-12(22)19-11-15(23)21-17(9-3-2-4-10-17)16(24)20-14-7-5-13(18)6-8-14/h5-8H,2-4,9-11H2,1H3,(H,19,22)(H,20,24)(H,21,23). The molecule has 0 aromatic heterocycles. The molecule has 6 nitrogen and oxygen atoms in total. The lowest BCUT2D eigenvalue weighted by molar-refractivity contribution is -0.132. The van der Waals surface area contributed by atoms with Crippen LogP contribution in [0.5, 0.6) is 0 Å². The maximum absolute atomic E-state index is 12.8. The van der Waals surface area contributed by atoms with Gasteiger partial charge in [0.1, 0.15) is 5.54 Å². The molecule has 24 heavy (non-hydrogen) atoms. The van der Waals surface area contributed by atoms with E-state index in [0.717, 1.165) is 23.7 Å². The van der Waals surface area contributed by atoms with Crippen molar-refractivity contribution in [1.29, 1.82) is 0 Å². The fourth-order valence-corrected chi connectivity index (χ4v) is 3.13. The second kappa shape index (κ2) is 8.28. The molecule has 0 atom stereocenters. The first kappa shape index (κ1) is 18.4. The summed E-state index contributed by atoms with van der Waals surface area (Å²) in [6, 6.07) is 7.30. The van der Waals surface area contributed by atoms with Crippen molar-refractivity contribution in [2.45, 2.75) is 44.6 Å². The fraction of sp³-hybridized carbons (Fsp3) is 0.471. The number of hydrogen-bond acceptors (Lipinski definition) is 3. The second-order valence-corrected chi connectivity index (χ2v) is 6.98. The van der Waals surface area contributed by atoms with Gasteiger partial charge in [-0.1, -0.05) is 35.2 Å². The van der Waals surface area contributed by atoms with Crippen molar-refractivity contribution >= 4 is 39.3 Å². The molecule has 0 saturated heterocycles. The normalized spacial score (nSPS) is 16.1. The monoisotopic (exact) mass is 395 g/mol. The Bertz CT molecular complexity index is 610. The van der Waals surface area contributed by atoms with Gasteiger partial charge in [-0.25, -0.2) is 0 Å². The molecular weight excluding hydrogens is 374 g/mol. The topological polar surface area (TPSA) is 87.3 Å². The van der Waals surface area contributed by atoms with Gasteiger partial charge in [0.25, 0.3) is 0 Å². The van der Waals surface area contributed by atoms with E-state index in [9.17, 15) is 14.4 Å². The summed E-state index contributed by atoms with van der Waals surface area (Å²) >= 11 is 3.36. The summed E-state index contributed by atoms with van der Waals surface area (Å²) in [6.45, 7) is 1.23. The van der Waals surface area contributed by atoms with Crippen LogP contribution in [0.2, 0.25) is 0 Å². The van der Waals surface area contributed by atoms with Crippen molar-refractivity contribution in [3.05, 3.63) is 28.7 Å². The third-order valence-corrected chi connectivity index (χ3v) is 4.65. The number of carbonyl (C=O) groups is 3. The summed E-state index contributed by atoms with van der Waals surface area (Å²) in [6.07, 6.45) is 4.01. The molecule has 0 spiro atoms. The average molecular weight is 396 g/mol. The summed E-state index contributed by atoms with van der Waals surface area (Å²) in [4.78, 5) is 35.9. The molecule has 7 heteroatoms. The minimum Gasteiger partial charge on any atom is -0.347 e. The number of amides is 3. The number of benzene rings is 1. The SMILES string of the molecule is CC(=O)NCC(=O)NC1(C(=O)Nc2ccc(Br)cc2)CCCCC1. The van der Waals surface area contributed by atoms with Crippen LogP contribution in [0.1, 0.15) is 39.0 Å². The van der Waals surface area contributed by atoms with E-state index in [1.807, 2.05) is 12.1 Å². The Morgan fingerprint density at radius 2 is 1.71 bits per heavy atom. The van der Waals surface area contributed by atoms with Gasteiger partial charge in [0, 0.05) is 17.1 Å². The average Bonchev–Trinajstić information content (AvgIpc) is 2.56. The summed E-state index contributed by atoms with van der Waals surface area (Å²) in [5.74, 6) is -0.832. The van der Waals surface area contributed by atoms with E-state index < -0.39 is 5.54 Å². The zero-order valence-corrected chi connectivity index (χ0v) is 15.2. The van der Waals surface area contributed by atoms with Crippen molar-refractivity contribution < 1.29 is 14.4 Å². The minimum atomic E-state index is -0.916. The lowest BCUT2D eigenvalue weighted by Crippen LogP contribution is -2.59. The van der Waals surface area contributed by atoms with E-state index in [4.69, 9.17) is 0 Å². The first-order chi connectivity index (χ1) is 11.4. The number of rotatable bonds is 5. The number of nitrogens with one attached hydrogen (secondary N) is 3. The Balaban J connectivity index is 2.08. The van der Waals surface area contributed by atoms with Crippen LogP contribution < -0.4 is 16.0 Å². The predicted octanol–water partition coefficient (Wildman–Crippen LogP) is 2.34. The molecule has 2 rings (SSSR count). The first-order valence-corrected chi connectivity index (χ1v) is 8.83. The van der Waals surface area contributed by atoms with Gasteiger partial charge in [0.05, 0.1) is 6.54 Å². The smallest absolute Gasteiger partial charge is 0.250 e. The summed E-state index contributed by atoms with van der Waals surface area (Å²) in [5.41, 5.74) is -0.231. The molecular formula is C17H22BrN3O3.